The minimum absolute atomic E-state index is 0.111. The van der Waals surface area contributed by atoms with Gasteiger partial charge in [-0.05, 0) is 35.8 Å². The van der Waals surface area contributed by atoms with E-state index in [1.165, 1.54) is 0 Å². The van der Waals surface area contributed by atoms with Gasteiger partial charge in [0.2, 0.25) is 0 Å². The lowest BCUT2D eigenvalue weighted by Gasteiger charge is -2.11. The third kappa shape index (κ3) is 2.98. The van der Waals surface area contributed by atoms with Gasteiger partial charge < -0.3 is 9.88 Å². The van der Waals surface area contributed by atoms with Crippen molar-refractivity contribution in [1.29, 1.82) is 0 Å². The monoisotopic (exact) mass is 338 g/mol. The number of imidazole rings is 1. The summed E-state index contributed by atoms with van der Waals surface area (Å²) >= 11 is 3.42. The Morgan fingerprint density at radius 1 is 1.50 bits per heavy atom. The van der Waals surface area contributed by atoms with Crippen LogP contribution in [0.2, 0.25) is 0 Å². The summed E-state index contributed by atoms with van der Waals surface area (Å²) in [7, 11) is 0. The molecule has 1 aromatic heterocycles. The first-order valence-electron chi connectivity index (χ1n) is 6.20. The summed E-state index contributed by atoms with van der Waals surface area (Å²) < 4.78 is 2.83. The number of benzene rings is 1. The van der Waals surface area contributed by atoms with Crippen molar-refractivity contribution in [3.05, 3.63) is 50.5 Å². The lowest BCUT2D eigenvalue weighted by atomic mass is 10.2. The molecule has 0 saturated carbocycles. The Hall–Kier alpha value is -1.89. The highest BCUT2D eigenvalue weighted by Crippen LogP contribution is 2.30. The number of rotatable bonds is 5. The quantitative estimate of drug-likeness (QED) is 0.668. The van der Waals surface area contributed by atoms with Crippen LogP contribution in [0.25, 0.3) is 0 Å². The first-order valence-corrected chi connectivity index (χ1v) is 6.99. The topological polar surface area (TPSA) is 73.0 Å². The van der Waals surface area contributed by atoms with Crippen molar-refractivity contribution in [2.24, 2.45) is 0 Å². The van der Waals surface area contributed by atoms with E-state index in [-0.39, 0.29) is 10.6 Å². The smallest absolute Gasteiger partial charge is 0.274 e. The molecule has 0 spiro atoms. The molecule has 6 nitrogen and oxygen atoms in total. The molecule has 0 unspecified atom stereocenters. The summed E-state index contributed by atoms with van der Waals surface area (Å²) in [6.07, 6.45) is 3.55. The number of aryl methyl sites for hydroxylation is 2. The number of hydrogen-bond donors (Lipinski definition) is 1. The van der Waals surface area contributed by atoms with Crippen LogP contribution in [0.4, 0.5) is 11.4 Å². The van der Waals surface area contributed by atoms with Crippen LogP contribution < -0.4 is 5.32 Å². The normalized spacial score (nSPS) is 10.6. The Kier molecular flexibility index (Phi) is 4.39. The van der Waals surface area contributed by atoms with Gasteiger partial charge >= 0.3 is 0 Å². The number of nitro benzene ring substituents is 1. The minimum atomic E-state index is -0.372. The Morgan fingerprint density at radius 3 is 2.90 bits per heavy atom. The molecule has 0 aliphatic rings. The van der Waals surface area contributed by atoms with Crippen LogP contribution in [0.5, 0.6) is 0 Å². The summed E-state index contributed by atoms with van der Waals surface area (Å²) in [4.78, 5) is 14.7. The summed E-state index contributed by atoms with van der Waals surface area (Å²) in [5.41, 5.74) is 2.47. The van der Waals surface area contributed by atoms with Crippen molar-refractivity contribution in [3.8, 4) is 0 Å². The zero-order chi connectivity index (χ0) is 14.7. The van der Waals surface area contributed by atoms with E-state index in [9.17, 15) is 10.1 Å². The van der Waals surface area contributed by atoms with Gasteiger partial charge in [-0.15, -0.1) is 0 Å². The molecule has 2 aromatic rings. The molecule has 2 rings (SSSR count). The summed E-state index contributed by atoms with van der Waals surface area (Å²) in [5, 5.41) is 14.2. The molecule has 0 fully saturated rings. The molecule has 0 saturated heterocycles. The Bertz CT molecular complexity index is 639. The number of aromatic nitrogens is 2. The molecule has 106 valence electrons. The van der Waals surface area contributed by atoms with Crippen molar-refractivity contribution < 1.29 is 4.92 Å². The molecule has 1 N–H and O–H groups in total. The average molecular weight is 339 g/mol. The van der Waals surface area contributed by atoms with E-state index in [0.29, 0.717) is 17.8 Å². The van der Waals surface area contributed by atoms with Gasteiger partial charge in [0.1, 0.15) is 0 Å². The third-order valence-electron chi connectivity index (χ3n) is 3.08. The number of anilines is 1. The van der Waals surface area contributed by atoms with Crippen LogP contribution >= 0.6 is 15.9 Å². The highest BCUT2D eigenvalue weighted by atomic mass is 79.9. The summed E-state index contributed by atoms with van der Waals surface area (Å²) in [5.74, 6) is 0. The maximum Gasteiger partial charge on any atom is 0.274 e. The van der Waals surface area contributed by atoms with E-state index < -0.39 is 0 Å². The number of nitrogens with zero attached hydrogens (tertiary/aromatic N) is 3. The second kappa shape index (κ2) is 6.04. The molecular formula is C13H15BrN4O2. The van der Waals surface area contributed by atoms with Gasteiger partial charge in [-0.25, -0.2) is 4.98 Å². The molecule has 1 aromatic carbocycles. The Balaban J connectivity index is 2.21. The van der Waals surface area contributed by atoms with Crippen molar-refractivity contribution >= 4 is 27.3 Å². The molecule has 0 bridgehead atoms. The molecule has 7 heteroatoms. The average Bonchev–Trinajstić information content (AvgIpc) is 2.84. The largest absolute Gasteiger partial charge is 0.378 e. The van der Waals surface area contributed by atoms with Crippen molar-refractivity contribution in [2.45, 2.75) is 26.9 Å². The second-order valence-corrected chi connectivity index (χ2v) is 5.25. The van der Waals surface area contributed by atoms with Crippen LogP contribution in [0.1, 0.15) is 18.2 Å². The van der Waals surface area contributed by atoms with Crippen LogP contribution in [0.15, 0.2) is 29.1 Å². The highest BCUT2D eigenvalue weighted by molar-refractivity contribution is 9.10. The fourth-order valence-electron chi connectivity index (χ4n) is 1.96. The predicted octanol–water partition coefficient (Wildman–Crippen LogP) is 3.49. The molecule has 0 radical (unpaired) electrons. The zero-order valence-electron chi connectivity index (χ0n) is 11.3. The van der Waals surface area contributed by atoms with E-state index >= 15 is 0 Å². The standard InChI is InChI=1S/C13H15BrN4O2/c1-3-17-8-15-6-10(17)7-16-12-5-13(18(19)20)9(2)4-11(12)14/h4-6,8,16H,3,7H2,1-2H3. The number of hydrogen-bond acceptors (Lipinski definition) is 4. The van der Waals surface area contributed by atoms with Crippen LogP contribution in [-0.4, -0.2) is 14.5 Å². The number of nitrogens with one attached hydrogen (secondary N) is 1. The Labute approximate surface area is 125 Å². The zero-order valence-corrected chi connectivity index (χ0v) is 12.8. The minimum Gasteiger partial charge on any atom is -0.378 e. The molecule has 0 aliphatic heterocycles. The number of halogens is 1. The fraction of sp³-hybridized carbons (Fsp3) is 0.308. The molecule has 0 amide bonds. The first-order chi connectivity index (χ1) is 9.52. The van der Waals surface area contributed by atoms with Gasteiger partial charge in [-0.3, -0.25) is 10.1 Å². The number of nitro groups is 1. The molecule has 0 atom stereocenters. The maximum absolute atomic E-state index is 11.0. The van der Waals surface area contributed by atoms with Crippen molar-refractivity contribution in [3.63, 3.8) is 0 Å². The fourth-order valence-corrected chi connectivity index (χ4v) is 2.56. The van der Waals surface area contributed by atoms with Gasteiger partial charge in [-0.2, -0.15) is 0 Å². The third-order valence-corrected chi connectivity index (χ3v) is 3.74. The lowest BCUT2D eigenvalue weighted by molar-refractivity contribution is -0.385. The van der Waals surface area contributed by atoms with E-state index in [0.717, 1.165) is 16.7 Å². The van der Waals surface area contributed by atoms with E-state index in [1.54, 1.807) is 31.6 Å². The second-order valence-electron chi connectivity index (χ2n) is 4.40. The molecule has 1 heterocycles. The van der Waals surface area contributed by atoms with E-state index in [2.05, 4.69) is 26.2 Å². The van der Waals surface area contributed by atoms with Crippen LogP contribution in [0, 0.1) is 17.0 Å². The van der Waals surface area contributed by atoms with E-state index in [4.69, 9.17) is 0 Å². The molecule has 0 aliphatic carbocycles. The predicted molar refractivity (Wildman–Crippen MR) is 80.8 cm³/mol. The van der Waals surface area contributed by atoms with Gasteiger partial charge in [0.15, 0.2) is 0 Å². The summed E-state index contributed by atoms with van der Waals surface area (Å²) in [6.45, 7) is 5.16. The lowest BCUT2D eigenvalue weighted by Crippen LogP contribution is -2.07. The highest BCUT2D eigenvalue weighted by Gasteiger charge is 2.14. The van der Waals surface area contributed by atoms with Crippen molar-refractivity contribution in [2.75, 3.05) is 5.32 Å². The molecule has 20 heavy (non-hydrogen) atoms. The summed E-state index contributed by atoms with van der Waals surface area (Å²) in [6, 6.07) is 3.30. The van der Waals surface area contributed by atoms with Gasteiger partial charge in [0.05, 0.1) is 29.2 Å². The van der Waals surface area contributed by atoms with Gasteiger partial charge in [0, 0.05) is 28.8 Å². The maximum atomic E-state index is 11.0. The van der Waals surface area contributed by atoms with Gasteiger partial charge in [0.25, 0.3) is 5.69 Å². The van der Waals surface area contributed by atoms with E-state index in [1.807, 2.05) is 11.5 Å². The first kappa shape index (κ1) is 14.5. The van der Waals surface area contributed by atoms with Crippen LogP contribution in [-0.2, 0) is 13.1 Å². The van der Waals surface area contributed by atoms with Crippen molar-refractivity contribution in [1.82, 2.24) is 9.55 Å². The SMILES string of the molecule is CCn1cncc1CNc1cc([N+](=O)[O-])c(C)cc1Br. The Morgan fingerprint density at radius 2 is 2.25 bits per heavy atom. The van der Waals surface area contributed by atoms with Crippen LogP contribution in [0.3, 0.4) is 0 Å². The molecular weight excluding hydrogens is 324 g/mol. The van der Waals surface area contributed by atoms with Gasteiger partial charge in [-0.1, -0.05) is 0 Å².